The first-order valence-corrected chi connectivity index (χ1v) is 15.7. The molecule has 0 spiro atoms. The summed E-state index contributed by atoms with van der Waals surface area (Å²) >= 11 is 0. The van der Waals surface area contributed by atoms with Gasteiger partial charge in [-0.05, 0) is 70.4 Å². The molecule has 0 atom stereocenters. The highest BCUT2D eigenvalue weighted by molar-refractivity contribution is 6.05. The lowest BCUT2D eigenvalue weighted by molar-refractivity contribution is 1.24. The predicted octanol–water partition coefficient (Wildman–Crippen LogP) is 12.6. The fraction of sp³-hybridized carbons (Fsp3) is 0. The molecule has 8 aromatic carbocycles. The maximum Gasteiger partial charge on any atom is 0.0708 e. The second-order valence-corrected chi connectivity index (χ2v) is 11.4. The Balaban J connectivity index is 1.47. The Labute approximate surface area is 270 Å². The van der Waals surface area contributed by atoms with Gasteiger partial charge in [0.15, 0.2) is 0 Å². The lowest BCUT2D eigenvalue weighted by Crippen LogP contribution is -2.17. The molecule has 2 heteroatoms. The van der Waals surface area contributed by atoms with E-state index in [1.807, 2.05) is 0 Å². The summed E-state index contributed by atoms with van der Waals surface area (Å²) in [4.78, 5) is 4.83. The van der Waals surface area contributed by atoms with Crippen LogP contribution in [0.5, 0.6) is 0 Å². The second-order valence-electron chi connectivity index (χ2n) is 11.4. The van der Waals surface area contributed by atoms with Crippen molar-refractivity contribution in [1.29, 1.82) is 0 Å². The highest BCUT2D eigenvalue weighted by atomic mass is 15.2. The summed E-state index contributed by atoms with van der Waals surface area (Å²) in [5, 5.41) is 4.80. The molecule has 0 saturated heterocycles. The van der Waals surface area contributed by atoms with Crippen LogP contribution in [0.4, 0.5) is 34.1 Å². The van der Waals surface area contributed by atoms with Crippen LogP contribution in [0.3, 0.4) is 0 Å². The van der Waals surface area contributed by atoms with Crippen molar-refractivity contribution in [3.63, 3.8) is 0 Å². The predicted molar refractivity (Wildman–Crippen MR) is 196 cm³/mol. The molecule has 8 rings (SSSR count). The van der Waals surface area contributed by atoms with Crippen molar-refractivity contribution in [3.8, 4) is 11.1 Å². The van der Waals surface area contributed by atoms with Gasteiger partial charge in [0.2, 0.25) is 0 Å². The van der Waals surface area contributed by atoms with E-state index >= 15 is 0 Å². The lowest BCUT2D eigenvalue weighted by atomic mass is 10.00. The van der Waals surface area contributed by atoms with E-state index in [1.54, 1.807) is 0 Å². The number of nitrogens with zero attached hydrogens (tertiary/aromatic N) is 2. The molecule has 0 radical (unpaired) electrons. The van der Waals surface area contributed by atoms with E-state index in [0.717, 1.165) is 39.7 Å². The first-order chi connectivity index (χ1) is 22.8. The molecule has 0 fully saturated rings. The number of rotatable bonds is 7. The lowest BCUT2D eigenvalue weighted by Gasteiger charge is -2.34. The standard InChI is InChI=1S/C44H32N2/c1-4-16-33(17-5-1)36-30-31-43(45(37-22-6-2-7-23-37)41-28-14-20-34-18-10-12-26-39(34)41)44(32-36)46(38-24-8-3-9-25-38)42-29-15-21-35-19-11-13-27-40(35)42/h1-32H. The zero-order valence-electron chi connectivity index (χ0n) is 25.4. The number of anilines is 6. The zero-order valence-corrected chi connectivity index (χ0v) is 25.4. The van der Waals surface area contributed by atoms with E-state index in [2.05, 4.69) is 204 Å². The Kier molecular flexibility index (Phi) is 7.22. The Bertz CT molecular complexity index is 2250. The minimum atomic E-state index is 1.08. The van der Waals surface area contributed by atoms with Gasteiger partial charge in [-0.25, -0.2) is 0 Å². The van der Waals surface area contributed by atoms with Crippen LogP contribution in [0.25, 0.3) is 32.7 Å². The molecule has 0 saturated carbocycles. The summed E-state index contributed by atoms with van der Waals surface area (Å²) in [5.74, 6) is 0. The van der Waals surface area contributed by atoms with E-state index in [1.165, 1.54) is 27.1 Å². The van der Waals surface area contributed by atoms with Crippen LogP contribution in [0.1, 0.15) is 0 Å². The van der Waals surface area contributed by atoms with Crippen LogP contribution in [-0.2, 0) is 0 Å². The largest absolute Gasteiger partial charge is 0.308 e. The third-order valence-electron chi connectivity index (χ3n) is 8.61. The van der Waals surface area contributed by atoms with Gasteiger partial charge in [-0.3, -0.25) is 0 Å². The topological polar surface area (TPSA) is 6.48 Å². The van der Waals surface area contributed by atoms with Crippen LogP contribution in [-0.4, -0.2) is 0 Å². The molecule has 8 aromatic rings. The van der Waals surface area contributed by atoms with Crippen molar-refractivity contribution in [2.45, 2.75) is 0 Å². The maximum absolute atomic E-state index is 2.42. The van der Waals surface area contributed by atoms with Gasteiger partial charge in [0, 0.05) is 22.1 Å². The molecule has 46 heavy (non-hydrogen) atoms. The molecular formula is C44H32N2. The third-order valence-corrected chi connectivity index (χ3v) is 8.61. The van der Waals surface area contributed by atoms with E-state index in [-0.39, 0.29) is 0 Å². The third kappa shape index (κ3) is 5.06. The number of benzene rings is 8. The quantitative estimate of drug-likeness (QED) is 0.183. The van der Waals surface area contributed by atoms with E-state index in [9.17, 15) is 0 Å². The Morgan fingerprint density at radius 1 is 0.261 bits per heavy atom. The molecule has 0 amide bonds. The van der Waals surface area contributed by atoms with Crippen LogP contribution < -0.4 is 9.80 Å². The zero-order chi connectivity index (χ0) is 30.7. The minimum absolute atomic E-state index is 1.08. The maximum atomic E-state index is 2.42. The Morgan fingerprint density at radius 2 is 0.696 bits per heavy atom. The van der Waals surface area contributed by atoms with Crippen LogP contribution in [0.15, 0.2) is 194 Å². The molecule has 0 aliphatic carbocycles. The van der Waals surface area contributed by atoms with Crippen LogP contribution >= 0.6 is 0 Å². The number of hydrogen-bond donors (Lipinski definition) is 0. The molecule has 218 valence electrons. The molecule has 0 bridgehead atoms. The van der Waals surface area contributed by atoms with Crippen molar-refractivity contribution >= 4 is 55.7 Å². The van der Waals surface area contributed by atoms with Crippen molar-refractivity contribution in [2.75, 3.05) is 9.80 Å². The summed E-state index contributed by atoms with van der Waals surface area (Å²) in [7, 11) is 0. The summed E-state index contributed by atoms with van der Waals surface area (Å²) in [6.45, 7) is 0. The van der Waals surface area contributed by atoms with Gasteiger partial charge in [-0.15, -0.1) is 0 Å². The smallest absolute Gasteiger partial charge is 0.0708 e. The molecule has 0 aromatic heterocycles. The van der Waals surface area contributed by atoms with Gasteiger partial charge in [0.05, 0.1) is 22.7 Å². The monoisotopic (exact) mass is 588 g/mol. The van der Waals surface area contributed by atoms with Gasteiger partial charge < -0.3 is 9.80 Å². The highest BCUT2D eigenvalue weighted by Crippen LogP contribution is 2.49. The Morgan fingerprint density at radius 3 is 1.24 bits per heavy atom. The molecule has 0 N–H and O–H groups in total. The summed E-state index contributed by atoms with van der Waals surface area (Å²) < 4.78 is 0. The summed E-state index contributed by atoms with van der Waals surface area (Å²) in [6, 6.07) is 69.4. The first kappa shape index (κ1) is 27.4. The summed E-state index contributed by atoms with van der Waals surface area (Å²) in [6.07, 6.45) is 0. The highest BCUT2D eigenvalue weighted by Gasteiger charge is 2.24. The molecule has 0 unspecified atom stereocenters. The number of para-hydroxylation sites is 2. The number of fused-ring (bicyclic) bond motifs is 2. The number of hydrogen-bond acceptors (Lipinski definition) is 2. The van der Waals surface area contributed by atoms with E-state index in [4.69, 9.17) is 0 Å². The average molecular weight is 589 g/mol. The molecular weight excluding hydrogens is 556 g/mol. The molecule has 0 heterocycles. The van der Waals surface area contributed by atoms with Gasteiger partial charge >= 0.3 is 0 Å². The SMILES string of the molecule is c1ccc(-c2ccc(N(c3ccccc3)c3cccc4ccccc34)c(N(c3ccccc3)c3cccc4ccccc34)c2)cc1. The van der Waals surface area contributed by atoms with Crippen LogP contribution in [0.2, 0.25) is 0 Å². The normalized spacial score (nSPS) is 11.0. The van der Waals surface area contributed by atoms with Crippen molar-refractivity contribution in [2.24, 2.45) is 0 Å². The van der Waals surface area contributed by atoms with E-state index < -0.39 is 0 Å². The molecule has 0 aliphatic rings. The fourth-order valence-corrected chi connectivity index (χ4v) is 6.48. The van der Waals surface area contributed by atoms with E-state index in [0.29, 0.717) is 0 Å². The van der Waals surface area contributed by atoms with Crippen molar-refractivity contribution < 1.29 is 0 Å². The van der Waals surface area contributed by atoms with Crippen molar-refractivity contribution in [1.82, 2.24) is 0 Å². The fourth-order valence-electron chi connectivity index (χ4n) is 6.48. The average Bonchev–Trinajstić information content (AvgIpc) is 3.14. The van der Waals surface area contributed by atoms with Gasteiger partial charge in [-0.2, -0.15) is 0 Å². The van der Waals surface area contributed by atoms with Gasteiger partial charge in [0.25, 0.3) is 0 Å². The first-order valence-electron chi connectivity index (χ1n) is 15.7. The minimum Gasteiger partial charge on any atom is -0.308 e. The Hall–Kier alpha value is -6.12. The second kappa shape index (κ2) is 12.1. The van der Waals surface area contributed by atoms with Gasteiger partial charge in [-0.1, -0.05) is 146 Å². The molecule has 0 aliphatic heterocycles. The molecule has 2 nitrogen and oxygen atoms in total. The summed E-state index contributed by atoms with van der Waals surface area (Å²) in [5.41, 5.74) is 8.95. The van der Waals surface area contributed by atoms with Crippen molar-refractivity contribution in [3.05, 3.63) is 194 Å². The van der Waals surface area contributed by atoms with Crippen LogP contribution in [0, 0.1) is 0 Å². The van der Waals surface area contributed by atoms with Gasteiger partial charge in [0.1, 0.15) is 0 Å².